The Kier molecular flexibility index (Phi) is 7.68. The van der Waals surface area contributed by atoms with Crippen molar-refractivity contribution >= 4 is 23.8 Å². The number of carbonyl (C=O) groups excluding carboxylic acids is 4. The first-order chi connectivity index (χ1) is 12.4. The van der Waals surface area contributed by atoms with E-state index in [-0.39, 0.29) is 25.3 Å². The highest BCUT2D eigenvalue weighted by Gasteiger charge is 2.26. The highest BCUT2D eigenvalue weighted by Crippen LogP contribution is 2.28. The van der Waals surface area contributed by atoms with Crippen LogP contribution in [0.5, 0.6) is 0 Å². The number of hydrogen-bond donors (Lipinski definition) is 4. The van der Waals surface area contributed by atoms with E-state index in [9.17, 15) is 19.2 Å². The topological polar surface area (TPSA) is 140 Å². The Morgan fingerprint density at radius 3 is 2.58 bits per heavy atom. The summed E-state index contributed by atoms with van der Waals surface area (Å²) >= 11 is 0. The molecule has 2 unspecified atom stereocenters. The number of nitrogens with two attached hydrogens (primary N) is 1. The molecular weight excluding hydrogens is 340 g/mol. The van der Waals surface area contributed by atoms with Gasteiger partial charge in [0.1, 0.15) is 12.1 Å². The molecule has 1 heterocycles. The van der Waals surface area contributed by atoms with E-state index in [0.717, 1.165) is 19.3 Å². The lowest BCUT2D eigenvalue weighted by Gasteiger charge is -2.19. The fourth-order valence-electron chi connectivity index (χ4n) is 3.34. The first kappa shape index (κ1) is 20.0. The van der Waals surface area contributed by atoms with Gasteiger partial charge in [-0.2, -0.15) is 0 Å². The molecule has 26 heavy (non-hydrogen) atoms. The van der Waals surface area contributed by atoms with Gasteiger partial charge in [-0.15, -0.1) is 0 Å². The standard InChI is InChI=1S/C17H28N4O5/c18-14(22)7-6-13(16(24)19-9-12-10-20-17(25)26-12)21-15(23)8-5-11-3-1-2-4-11/h11-13H,1-10H2,(H2,18,22)(H,19,24)(H,20,25)(H,21,23). The molecule has 2 atom stereocenters. The minimum absolute atomic E-state index is 0.000954. The molecule has 0 radical (unpaired) electrons. The Hall–Kier alpha value is -2.32. The molecule has 9 nitrogen and oxygen atoms in total. The van der Waals surface area contributed by atoms with Crippen LogP contribution in [0.2, 0.25) is 0 Å². The maximum Gasteiger partial charge on any atom is 0.407 e. The van der Waals surface area contributed by atoms with Gasteiger partial charge in [-0.3, -0.25) is 14.4 Å². The Morgan fingerprint density at radius 1 is 1.23 bits per heavy atom. The van der Waals surface area contributed by atoms with Crippen molar-refractivity contribution in [1.29, 1.82) is 0 Å². The van der Waals surface area contributed by atoms with Crippen LogP contribution in [0.1, 0.15) is 51.4 Å². The van der Waals surface area contributed by atoms with Crippen LogP contribution in [-0.4, -0.2) is 49.1 Å². The van der Waals surface area contributed by atoms with E-state index in [0.29, 0.717) is 18.9 Å². The van der Waals surface area contributed by atoms with Gasteiger partial charge < -0.3 is 26.4 Å². The summed E-state index contributed by atoms with van der Waals surface area (Å²) in [5, 5.41) is 7.84. The molecule has 0 bridgehead atoms. The van der Waals surface area contributed by atoms with E-state index in [4.69, 9.17) is 10.5 Å². The smallest absolute Gasteiger partial charge is 0.407 e. The number of ether oxygens (including phenoxy) is 1. The van der Waals surface area contributed by atoms with E-state index in [1.165, 1.54) is 12.8 Å². The van der Waals surface area contributed by atoms with Crippen LogP contribution < -0.4 is 21.7 Å². The first-order valence-corrected chi connectivity index (χ1v) is 9.24. The lowest BCUT2D eigenvalue weighted by molar-refractivity contribution is -0.130. The Balaban J connectivity index is 1.78. The molecule has 1 saturated carbocycles. The molecule has 5 N–H and O–H groups in total. The highest BCUT2D eigenvalue weighted by atomic mass is 16.6. The van der Waals surface area contributed by atoms with Crippen molar-refractivity contribution in [2.75, 3.05) is 13.1 Å². The summed E-state index contributed by atoms with van der Waals surface area (Å²) in [7, 11) is 0. The zero-order valence-electron chi connectivity index (χ0n) is 14.9. The third-order valence-corrected chi connectivity index (χ3v) is 4.84. The summed E-state index contributed by atoms with van der Waals surface area (Å²) in [6, 6.07) is -0.830. The Bertz CT molecular complexity index is 533. The monoisotopic (exact) mass is 368 g/mol. The summed E-state index contributed by atoms with van der Waals surface area (Å²) in [5.74, 6) is -0.556. The SMILES string of the molecule is NC(=O)CCC(NC(=O)CCC1CCCC1)C(=O)NCC1CNC(=O)O1. The summed E-state index contributed by atoms with van der Waals surface area (Å²) in [4.78, 5) is 46.5. The van der Waals surface area contributed by atoms with Gasteiger partial charge in [0, 0.05) is 12.8 Å². The number of alkyl carbamates (subject to hydrolysis) is 1. The largest absolute Gasteiger partial charge is 0.442 e. The lowest BCUT2D eigenvalue weighted by Crippen LogP contribution is -2.49. The molecule has 4 amide bonds. The van der Waals surface area contributed by atoms with Gasteiger partial charge in [0.2, 0.25) is 17.7 Å². The van der Waals surface area contributed by atoms with Gasteiger partial charge in [-0.25, -0.2) is 4.79 Å². The van der Waals surface area contributed by atoms with Crippen LogP contribution in [0.25, 0.3) is 0 Å². The molecule has 0 spiro atoms. The third-order valence-electron chi connectivity index (χ3n) is 4.84. The van der Waals surface area contributed by atoms with Crippen molar-refractivity contribution in [3.8, 4) is 0 Å². The second-order valence-electron chi connectivity index (χ2n) is 6.97. The summed E-state index contributed by atoms with van der Waals surface area (Å²) in [5.41, 5.74) is 5.15. The zero-order valence-corrected chi connectivity index (χ0v) is 14.9. The van der Waals surface area contributed by atoms with Gasteiger partial charge in [0.05, 0.1) is 13.1 Å². The van der Waals surface area contributed by atoms with Crippen LogP contribution >= 0.6 is 0 Å². The lowest BCUT2D eigenvalue weighted by atomic mass is 10.0. The average Bonchev–Trinajstić information content (AvgIpc) is 3.26. The second kappa shape index (κ2) is 9.98. The van der Waals surface area contributed by atoms with Crippen molar-refractivity contribution in [3.63, 3.8) is 0 Å². The first-order valence-electron chi connectivity index (χ1n) is 9.24. The molecule has 9 heteroatoms. The van der Waals surface area contributed by atoms with Crippen LogP contribution in [0, 0.1) is 5.92 Å². The number of primary amides is 1. The average molecular weight is 368 g/mol. The minimum Gasteiger partial charge on any atom is -0.442 e. The highest BCUT2D eigenvalue weighted by molar-refractivity contribution is 5.88. The number of hydrogen-bond acceptors (Lipinski definition) is 5. The molecule has 1 aliphatic heterocycles. The number of amides is 4. The van der Waals surface area contributed by atoms with Crippen LogP contribution in [0.15, 0.2) is 0 Å². The normalized spacial score (nSPS) is 20.9. The predicted octanol–water partition coefficient (Wildman–Crippen LogP) is -0.0683. The van der Waals surface area contributed by atoms with E-state index >= 15 is 0 Å². The van der Waals surface area contributed by atoms with Crippen LogP contribution in [0.4, 0.5) is 4.79 Å². The molecule has 2 aliphatic rings. The Labute approximate surface area is 152 Å². The Morgan fingerprint density at radius 2 is 1.96 bits per heavy atom. The molecule has 146 valence electrons. The summed E-state index contributed by atoms with van der Waals surface area (Å²) in [6.45, 7) is 0.460. The predicted molar refractivity (Wildman–Crippen MR) is 92.8 cm³/mol. The second-order valence-corrected chi connectivity index (χ2v) is 6.97. The van der Waals surface area contributed by atoms with Gasteiger partial charge in [0.15, 0.2) is 0 Å². The van der Waals surface area contributed by atoms with E-state index in [2.05, 4.69) is 16.0 Å². The van der Waals surface area contributed by atoms with Gasteiger partial charge in [0.25, 0.3) is 0 Å². The third kappa shape index (κ3) is 6.89. The molecule has 0 aromatic carbocycles. The van der Waals surface area contributed by atoms with Gasteiger partial charge in [-0.05, 0) is 18.8 Å². The van der Waals surface area contributed by atoms with Crippen LogP contribution in [-0.2, 0) is 19.1 Å². The molecule has 0 aromatic rings. The molecule has 1 aliphatic carbocycles. The number of rotatable bonds is 10. The number of carbonyl (C=O) groups is 4. The maximum atomic E-state index is 12.4. The van der Waals surface area contributed by atoms with E-state index in [1.54, 1.807) is 0 Å². The van der Waals surface area contributed by atoms with Gasteiger partial charge in [-0.1, -0.05) is 25.7 Å². The van der Waals surface area contributed by atoms with Crippen molar-refractivity contribution in [2.45, 2.75) is 63.5 Å². The zero-order chi connectivity index (χ0) is 18.9. The minimum atomic E-state index is -0.830. The van der Waals surface area contributed by atoms with E-state index in [1.807, 2.05) is 0 Å². The fraction of sp³-hybridized carbons (Fsp3) is 0.765. The van der Waals surface area contributed by atoms with Crippen LogP contribution in [0.3, 0.4) is 0 Å². The van der Waals surface area contributed by atoms with Crippen molar-refractivity contribution < 1.29 is 23.9 Å². The van der Waals surface area contributed by atoms with E-state index < -0.39 is 30.1 Å². The van der Waals surface area contributed by atoms with Crippen molar-refractivity contribution in [1.82, 2.24) is 16.0 Å². The molecule has 2 rings (SSSR count). The molecule has 1 saturated heterocycles. The molecule has 0 aromatic heterocycles. The fourth-order valence-corrected chi connectivity index (χ4v) is 3.34. The number of nitrogens with one attached hydrogen (secondary N) is 3. The van der Waals surface area contributed by atoms with Crippen molar-refractivity contribution in [3.05, 3.63) is 0 Å². The van der Waals surface area contributed by atoms with Crippen molar-refractivity contribution in [2.24, 2.45) is 11.7 Å². The quantitative estimate of drug-likeness (QED) is 0.427. The summed E-state index contributed by atoms with van der Waals surface area (Å²) < 4.78 is 4.94. The number of cyclic esters (lactones) is 1. The molecular formula is C17H28N4O5. The molecule has 2 fully saturated rings. The summed E-state index contributed by atoms with van der Waals surface area (Å²) in [6.07, 6.45) is 5.12. The maximum absolute atomic E-state index is 12.4. The van der Waals surface area contributed by atoms with Gasteiger partial charge >= 0.3 is 6.09 Å².